The lowest BCUT2D eigenvalue weighted by Crippen LogP contribution is -2.34. The number of aryl methyl sites for hydroxylation is 2. The molecule has 19 heavy (non-hydrogen) atoms. The summed E-state index contributed by atoms with van der Waals surface area (Å²) in [5.74, 6) is 6.01. The van der Waals surface area contributed by atoms with Gasteiger partial charge in [0.1, 0.15) is 11.6 Å². The van der Waals surface area contributed by atoms with Gasteiger partial charge in [0.25, 0.3) is 5.91 Å². The van der Waals surface area contributed by atoms with Crippen LogP contribution >= 0.6 is 0 Å². The lowest BCUT2D eigenvalue weighted by molar-refractivity contribution is -0.123. The quantitative estimate of drug-likeness (QED) is 0.435. The highest BCUT2D eigenvalue weighted by molar-refractivity contribution is 5.76. The molecule has 0 unspecified atom stereocenters. The van der Waals surface area contributed by atoms with Gasteiger partial charge in [-0.25, -0.2) is 10.8 Å². The van der Waals surface area contributed by atoms with Crippen LogP contribution in [-0.2, 0) is 4.79 Å². The zero-order valence-electron chi connectivity index (χ0n) is 10.9. The lowest BCUT2D eigenvalue weighted by atomic mass is 10.2. The molecule has 100 valence electrons. The topological polar surface area (TPSA) is 93.0 Å². The molecule has 0 aliphatic carbocycles. The Bertz CT molecular complexity index is 555. The fourth-order valence-electron chi connectivity index (χ4n) is 1.58. The van der Waals surface area contributed by atoms with E-state index in [0.717, 1.165) is 22.8 Å². The molecule has 0 bridgehead atoms. The number of aromatic amines is 1. The summed E-state index contributed by atoms with van der Waals surface area (Å²) >= 11 is 0. The van der Waals surface area contributed by atoms with E-state index >= 15 is 0 Å². The third kappa shape index (κ3) is 3.11. The van der Waals surface area contributed by atoms with Gasteiger partial charge in [-0.15, -0.1) is 0 Å². The van der Waals surface area contributed by atoms with Crippen LogP contribution in [0.15, 0.2) is 24.3 Å². The fraction of sp³-hybridized carbons (Fsp3) is 0.231. The van der Waals surface area contributed by atoms with Gasteiger partial charge in [0, 0.05) is 11.3 Å². The Hall–Kier alpha value is -2.34. The molecule has 2 rings (SSSR count). The van der Waals surface area contributed by atoms with Crippen molar-refractivity contribution in [3.8, 4) is 17.1 Å². The Morgan fingerprint density at radius 2 is 2.05 bits per heavy atom. The van der Waals surface area contributed by atoms with E-state index in [1.54, 1.807) is 12.1 Å². The Balaban J connectivity index is 2.08. The molecule has 0 radical (unpaired) electrons. The van der Waals surface area contributed by atoms with Crippen molar-refractivity contribution in [2.24, 2.45) is 5.84 Å². The SMILES string of the molecule is Cc1nc(-c2ccc(OCC(=O)NN)cc2)[nH]c1C. The molecule has 1 heterocycles. The van der Waals surface area contributed by atoms with Crippen LogP contribution in [0.2, 0.25) is 0 Å². The summed E-state index contributed by atoms with van der Waals surface area (Å²) in [7, 11) is 0. The van der Waals surface area contributed by atoms with E-state index < -0.39 is 0 Å². The smallest absolute Gasteiger partial charge is 0.271 e. The van der Waals surface area contributed by atoms with Gasteiger partial charge in [-0.05, 0) is 38.1 Å². The first-order valence-electron chi connectivity index (χ1n) is 5.86. The van der Waals surface area contributed by atoms with Gasteiger partial charge >= 0.3 is 0 Å². The Kier molecular flexibility index (Phi) is 3.82. The van der Waals surface area contributed by atoms with Crippen molar-refractivity contribution < 1.29 is 9.53 Å². The highest BCUT2D eigenvalue weighted by Crippen LogP contribution is 2.21. The predicted molar refractivity (Wildman–Crippen MR) is 71.3 cm³/mol. The first kappa shape index (κ1) is 13.1. The zero-order chi connectivity index (χ0) is 13.8. The first-order chi connectivity index (χ1) is 9.10. The molecule has 0 saturated heterocycles. The maximum absolute atomic E-state index is 10.9. The molecular weight excluding hydrogens is 244 g/mol. The number of rotatable bonds is 4. The second kappa shape index (κ2) is 5.53. The van der Waals surface area contributed by atoms with E-state index in [-0.39, 0.29) is 12.5 Å². The number of aromatic nitrogens is 2. The zero-order valence-corrected chi connectivity index (χ0v) is 10.9. The van der Waals surface area contributed by atoms with Crippen LogP contribution in [0.1, 0.15) is 11.4 Å². The van der Waals surface area contributed by atoms with Crippen molar-refractivity contribution in [3.63, 3.8) is 0 Å². The molecule has 1 aromatic carbocycles. The van der Waals surface area contributed by atoms with Gasteiger partial charge in [-0.1, -0.05) is 0 Å². The molecule has 2 aromatic rings. The molecule has 0 atom stereocenters. The van der Waals surface area contributed by atoms with E-state index in [0.29, 0.717) is 5.75 Å². The molecule has 6 nitrogen and oxygen atoms in total. The summed E-state index contributed by atoms with van der Waals surface area (Å²) in [6.07, 6.45) is 0. The molecule has 0 saturated carbocycles. The average molecular weight is 260 g/mol. The van der Waals surface area contributed by atoms with Gasteiger partial charge < -0.3 is 9.72 Å². The molecule has 6 heteroatoms. The number of hydrogen-bond donors (Lipinski definition) is 3. The van der Waals surface area contributed by atoms with E-state index in [2.05, 4.69) is 9.97 Å². The highest BCUT2D eigenvalue weighted by atomic mass is 16.5. The monoisotopic (exact) mass is 260 g/mol. The number of benzene rings is 1. The number of hydrazine groups is 1. The number of amides is 1. The van der Waals surface area contributed by atoms with Crippen molar-refractivity contribution in [2.45, 2.75) is 13.8 Å². The number of hydrogen-bond acceptors (Lipinski definition) is 4. The third-order valence-corrected chi connectivity index (χ3v) is 2.79. The molecule has 0 spiro atoms. The van der Waals surface area contributed by atoms with Crippen molar-refractivity contribution in [1.29, 1.82) is 0 Å². The van der Waals surface area contributed by atoms with Crippen molar-refractivity contribution >= 4 is 5.91 Å². The summed E-state index contributed by atoms with van der Waals surface area (Å²) < 4.78 is 5.26. The lowest BCUT2D eigenvalue weighted by Gasteiger charge is -2.05. The number of ether oxygens (including phenoxy) is 1. The molecule has 0 aliphatic heterocycles. The molecular formula is C13H16N4O2. The van der Waals surface area contributed by atoms with Crippen LogP contribution in [0.25, 0.3) is 11.4 Å². The molecule has 0 fully saturated rings. The number of carbonyl (C=O) groups excluding carboxylic acids is 1. The van der Waals surface area contributed by atoms with Gasteiger partial charge in [0.05, 0.1) is 5.69 Å². The van der Waals surface area contributed by atoms with E-state index in [1.807, 2.05) is 31.4 Å². The van der Waals surface area contributed by atoms with Crippen molar-refractivity contribution in [3.05, 3.63) is 35.7 Å². The summed E-state index contributed by atoms with van der Waals surface area (Å²) in [5, 5.41) is 0. The number of H-pyrrole nitrogens is 1. The molecule has 1 amide bonds. The standard InChI is InChI=1S/C13H16N4O2/c1-8-9(2)16-13(15-8)10-3-5-11(6-4-10)19-7-12(18)17-14/h3-6H,7,14H2,1-2H3,(H,15,16)(H,17,18). The summed E-state index contributed by atoms with van der Waals surface area (Å²) in [6.45, 7) is 3.84. The predicted octanol–water partition coefficient (Wildman–Crippen LogP) is 1.06. The largest absolute Gasteiger partial charge is 0.484 e. The molecule has 1 aromatic heterocycles. The third-order valence-electron chi connectivity index (χ3n) is 2.79. The maximum atomic E-state index is 10.9. The number of carbonyl (C=O) groups is 1. The summed E-state index contributed by atoms with van der Waals surface area (Å²) in [6, 6.07) is 7.33. The number of imidazole rings is 1. The minimum atomic E-state index is -0.374. The van der Waals surface area contributed by atoms with Crippen LogP contribution in [-0.4, -0.2) is 22.5 Å². The van der Waals surface area contributed by atoms with Crippen LogP contribution in [0, 0.1) is 13.8 Å². The molecule has 4 N–H and O–H groups in total. The van der Waals surface area contributed by atoms with Crippen LogP contribution in [0.4, 0.5) is 0 Å². The van der Waals surface area contributed by atoms with Crippen LogP contribution in [0.3, 0.4) is 0 Å². The Morgan fingerprint density at radius 3 is 2.58 bits per heavy atom. The van der Waals surface area contributed by atoms with Gasteiger partial charge in [-0.2, -0.15) is 0 Å². The van der Waals surface area contributed by atoms with E-state index in [1.165, 1.54) is 0 Å². The summed E-state index contributed by atoms with van der Waals surface area (Å²) in [4.78, 5) is 18.6. The number of nitrogens with zero attached hydrogens (tertiary/aromatic N) is 1. The van der Waals surface area contributed by atoms with Gasteiger partial charge in [0.15, 0.2) is 6.61 Å². The minimum absolute atomic E-state index is 0.102. The van der Waals surface area contributed by atoms with Crippen LogP contribution in [0.5, 0.6) is 5.75 Å². The van der Waals surface area contributed by atoms with E-state index in [9.17, 15) is 4.79 Å². The number of nitrogens with two attached hydrogens (primary N) is 1. The van der Waals surface area contributed by atoms with E-state index in [4.69, 9.17) is 10.6 Å². The van der Waals surface area contributed by atoms with Crippen molar-refractivity contribution in [1.82, 2.24) is 15.4 Å². The molecule has 0 aliphatic rings. The Labute approximate surface area is 111 Å². The second-order valence-corrected chi connectivity index (χ2v) is 4.18. The maximum Gasteiger partial charge on any atom is 0.271 e. The fourth-order valence-corrected chi connectivity index (χ4v) is 1.58. The highest BCUT2D eigenvalue weighted by Gasteiger charge is 2.06. The first-order valence-corrected chi connectivity index (χ1v) is 5.86. The van der Waals surface area contributed by atoms with Crippen LogP contribution < -0.4 is 16.0 Å². The summed E-state index contributed by atoms with van der Waals surface area (Å²) in [5.41, 5.74) is 5.00. The number of nitrogens with one attached hydrogen (secondary N) is 2. The van der Waals surface area contributed by atoms with Crippen molar-refractivity contribution in [2.75, 3.05) is 6.61 Å². The normalized spacial score (nSPS) is 10.3. The van der Waals surface area contributed by atoms with Gasteiger partial charge in [-0.3, -0.25) is 10.2 Å². The Morgan fingerprint density at radius 1 is 1.37 bits per heavy atom. The second-order valence-electron chi connectivity index (χ2n) is 4.18. The average Bonchev–Trinajstić information content (AvgIpc) is 2.76. The minimum Gasteiger partial charge on any atom is -0.484 e. The van der Waals surface area contributed by atoms with Gasteiger partial charge in [0.2, 0.25) is 0 Å².